The number of cyclic esters (lactones) is 4. The molecule has 10 nitrogen and oxygen atoms in total. The molecule has 0 aliphatic carbocycles. The first-order valence-electron chi connectivity index (χ1n) is 8.00. The third kappa shape index (κ3) is 4.04. The molecule has 0 saturated heterocycles. The minimum atomic E-state index is -0.907. The summed E-state index contributed by atoms with van der Waals surface area (Å²) in [7, 11) is 0. The topological polar surface area (TPSA) is 139 Å². The Labute approximate surface area is 175 Å². The molecule has 2 aromatic rings. The lowest BCUT2D eigenvalue weighted by Crippen LogP contribution is -2.14. The third-order valence-corrected chi connectivity index (χ3v) is 4.14. The van der Waals surface area contributed by atoms with E-state index in [1.807, 2.05) is 0 Å². The minimum absolute atomic E-state index is 0. The number of carbonyl (C=O) groups is 6. The highest BCUT2D eigenvalue weighted by atomic mass is 16.7. The molecule has 0 unspecified atom stereocenters. The van der Waals surface area contributed by atoms with Crippen LogP contribution in [-0.4, -0.2) is 42.6 Å². The van der Waals surface area contributed by atoms with Crippen LogP contribution in [-0.2, 0) is 18.9 Å². The molecule has 2 heterocycles. The molecule has 0 atom stereocenters. The molecule has 31 heavy (non-hydrogen) atoms. The van der Waals surface area contributed by atoms with Gasteiger partial charge in [-0.3, -0.25) is 0 Å². The maximum atomic E-state index is 12.0. The second-order valence-corrected chi connectivity index (χ2v) is 5.86. The van der Waals surface area contributed by atoms with E-state index in [1.54, 1.807) is 0 Å². The van der Waals surface area contributed by atoms with Gasteiger partial charge < -0.3 is 18.9 Å². The average molecular weight is 428 g/mol. The van der Waals surface area contributed by atoms with Crippen molar-refractivity contribution in [2.24, 2.45) is 0 Å². The van der Waals surface area contributed by atoms with Crippen molar-refractivity contribution < 1.29 is 47.7 Å². The van der Waals surface area contributed by atoms with E-state index in [0.29, 0.717) is 0 Å². The highest BCUT2D eigenvalue weighted by molar-refractivity contribution is 6.16. The normalized spacial score (nSPS) is 13.2. The van der Waals surface area contributed by atoms with Gasteiger partial charge in [0, 0.05) is 0 Å². The summed E-state index contributed by atoms with van der Waals surface area (Å²) >= 11 is 0. The van der Waals surface area contributed by atoms with Gasteiger partial charge >= 0.3 is 35.8 Å². The fourth-order valence-corrected chi connectivity index (χ4v) is 2.73. The van der Waals surface area contributed by atoms with Crippen LogP contribution in [0, 0.1) is 0 Å². The Morgan fingerprint density at radius 2 is 0.968 bits per heavy atom. The van der Waals surface area contributed by atoms with Gasteiger partial charge in [0.25, 0.3) is 0 Å². The minimum Gasteiger partial charge on any atom is -0.424 e. The number of fused-ring (bicyclic) bond motifs is 2. The molecule has 2 aliphatic rings. The Kier molecular flexibility index (Phi) is 6.35. The summed E-state index contributed by atoms with van der Waals surface area (Å²) in [6.45, 7) is -0.751. The number of hydrogen-bond donors (Lipinski definition) is 0. The molecular formula is C21H16O10. The molecule has 0 N–H and O–H groups in total. The van der Waals surface area contributed by atoms with Crippen molar-refractivity contribution >= 4 is 35.8 Å². The lowest BCUT2D eigenvalue weighted by Gasteiger charge is -2.07. The van der Waals surface area contributed by atoms with Crippen molar-refractivity contribution in [2.75, 3.05) is 6.79 Å². The number of esters is 6. The molecule has 2 aromatic carbocycles. The summed E-state index contributed by atoms with van der Waals surface area (Å²) < 4.78 is 18.5. The van der Waals surface area contributed by atoms with Crippen LogP contribution in [0.1, 0.15) is 77.0 Å². The highest BCUT2D eigenvalue weighted by Gasteiger charge is 2.31. The molecule has 0 aromatic heterocycles. The SMILES string of the molecule is C.C.O=C(OCOC(=O)c1ccc2c(c1)C(=O)OC2=O)c1ccc2c(c1)C(=O)OC2=O. The van der Waals surface area contributed by atoms with E-state index in [2.05, 4.69) is 9.47 Å². The number of hydrogen-bond acceptors (Lipinski definition) is 10. The number of rotatable bonds is 4. The van der Waals surface area contributed by atoms with E-state index >= 15 is 0 Å². The van der Waals surface area contributed by atoms with Crippen LogP contribution in [0.4, 0.5) is 0 Å². The summed E-state index contributed by atoms with van der Waals surface area (Å²) in [6, 6.07) is 7.27. The quantitative estimate of drug-likeness (QED) is 0.309. The predicted molar refractivity (Wildman–Crippen MR) is 102 cm³/mol. The van der Waals surface area contributed by atoms with Gasteiger partial charge in [-0.2, -0.15) is 0 Å². The van der Waals surface area contributed by atoms with Crippen LogP contribution in [0.2, 0.25) is 0 Å². The average Bonchev–Trinajstić information content (AvgIpc) is 3.16. The largest absolute Gasteiger partial charge is 0.424 e. The van der Waals surface area contributed by atoms with Crippen molar-refractivity contribution in [1.82, 2.24) is 0 Å². The van der Waals surface area contributed by atoms with Crippen molar-refractivity contribution in [3.05, 3.63) is 69.8 Å². The molecule has 10 heteroatoms. The van der Waals surface area contributed by atoms with E-state index < -0.39 is 42.6 Å². The van der Waals surface area contributed by atoms with Crippen molar-refractivity contribution in [3.63, 3.8) is 0 Å². The van der Waals surface area contributed by atoms with E-state index in [4.69, 9.17) is 9.47 Å². The van der Waals surface area contributed by atoms with Gasteiger partial charge in [-0.05, 0) is 36.4 Å². The van der Waals surface area contributed by atoms with E-state index in [1.165, 1.54) is 24.3 Å². The van der Waals surface area contributed by atoms with Gasteiger partial charge in [0.05, 0.1) is 33.4 Å². The predicted octanol–water partition coefficient (Wildman–Crippen LogP) is 2.55. The van der Waals surface area contributed by atoms with Gasteiger partial charge in [-0.1, -0.05) is 14.9 Å². The van der Waals surface area contributed by atoms with Gasteiger partial charge in [-0.15, -0.1) is 0 Å². The summed E-state index contributed by atoms with van der Waals surface area (Å²) in [4.78, 5) is 69.9. The summed E-state index contributed by atoms with van der Waals surface area (Å²) in [6.07, 6.45) is 0. The van der Waals surface area contributed by atoms with E-state index in [-0.39, 0.29) is 48.2 Å². The third-order valence-electron chi connectivity index (χ3n) is 4.14. The first kappa shape index (κ1) is 22.9. The summed E-state index contributed by atoms with van der Waals surface area (Å²) in [5.41, 5.74) is -0.171. The summed E-state index contributed by atoms with van der Waals surface area (Å²) in [5.74, 6) is -5.18. The molecular weight excluding hydrogens is 412 g/mol. The molecule has 0 fully saturated rings. The Balaban J connectivity index is 0.00000171. The zero-order chi connectivity index (χ0) is 20.7. The van der Waals surface area contributed by atoms with Crippen LogP contribution >= 0.6 is 0 Å². The monoisotopic (exact) mass is 428 g/mol. The molecule has 0 spiro atoms. The lowest BCUT2D eigenvalue weighted by molar-refractivity contribution is -0.0168. The number of benzene rings is 2. The first-order chi connectivity index (χ1) is 13.8. The Morgan fingerprint density at radius 3 is 1.35 bits per heavy atom. The maximum Gasteiger partial charge on any atom is 0.346 e. The van der Waals surface area contributed by atoms with E-state index in [0.717, 1.165) is 12.1 Å². The fourth-order valence-electron chi connectivity index (χ4n) is 2.73. The molecule has 0 amide bonds. The van der Waals surface area contributed by atoms with Gasteiger partial charge in [-0.25, -0.2) is 28.8 Å². The lowest BCUT2D eigenvalue weighted by atomic mass is 10.1. The Hall–Kier alpha value is -4.34. The second kappa shape index (κ2) is 8.57. The molecule has 4 rings (SSSR count). The molecule has 0 radical (unpaired) electrons. The fraction of sp³-hybridized carbons (Fsp3) is 0.143. The Bertz CT molecular complexity index is 1060. The molecule has 0 bridgehead atoms. The van der Waals surface area contributed by atoms with Crippen LogP contribution in [0.5, 0.6) is 0 Å². The summed E-state index contributed by atoms with van der Waals surface area (Å²) in [5, 5.41) is 0. The maximum absolute atomic E-state index is 12.0. The standard InChI is InChI=1S/C19H8O10.2CH4/c20-14(8-1-3-10-12(5-8)18(24)28-16(10)22)26-7-27-15(21)9-2-4-11-13(6-9)19(25)29-17(11)23;;/h1-6H,7H2;2*1H4. The number of ether oxygens (including phenoxy) is 4. The van der Waals surface area contributed by atoms with Gasteiger partial charge in [0.2, 0.25) is 6.79 Å². The van der Waals surface area contributed by atoms with Crippen LogP contribution in [0.15, 0.2) is 36.4 Å². The highest BCUT2D eigenvalue weighted by Crippen LogP contribution is 2.23. The van der Waals surface area contributed by atoms with Crippen LogP contribution < -0.4 is 0 Å². The van der Waals surface area contributed by atoms with Crippen molar-refractivity contribution in [3.8, 4) is 0 Å². The number of carbonyl (C=O) groups excluding carboxylic acids is 6. The molecule has 160 valence electrons. The zero-order valence-electron chi connectivity index (χ0n) is 14.3. The van der Waals surface area contributed by atoms with Crippen molar-refractivity contribution in [2.45, 2.75) is 14.9 Å². The molecule has 0 saturated carbocycles. The van der Waals surface area contributed by atoms with Gasteiger partial charge in [0.1, 0.15) is 0 Å². The smallest absolute Gasteiger partial charge is 0.346 e. The zero-order valence-corrected chi connectivity index (χ0v) is 14.3. The van der Waals surface area contributed by atoms with Crippen molar-refractivity contribution in [1.29, 1.82) is 0 Å². The van der Waals surface area contributed by atoms with E-state index in [9.17, 15) is 28.8 Å². The first-order valence-corrected chi connectivity index (χ1v) is 8.00. The van der Waals surface area contributed by atoms with Crippen LogP contribution in [0.25, 0.3) is 0 Å². The second-order valence-electron chi connectivity index (χ2n) is 5.86. The molecule has 2 aliphatic heterocycles. The van der Waals surface area contributed by atoms with Gasteiger partial charge in [0.15, 0.2) is 0 Å². The van der Waals surface area contributed by atoms with Crippen LogP contribution in [0.3, 0.4) is 0 Å². The Morgan fingerprint density at radius 1 is 0.613 bits per heavy atom.